The molecule has 0 radical (unpaired) electrons. The van der Waals surface area contributed by atoms with E-state index in [2.05, 4.69) is 44.1 Å². The predicted octanol–water partition coefficient (Wildman–Crippen LogP) is 1.06. The first kappa shape index (κ1) is 11.5. The van der Waals surface area contributed by atoms with E-state index >= 15 is 0 Å². The van der Waals surface area contributed by atoms with E-state index in [4.69, 9.17) is 5.73 Å². The molecule has 2 N–H and O–H groups in total. The average Bonchev–Trinajstić information content (AvgIpc) is 2.64. The molecule has 6 heteroatoms. The van der Waals surface area contributed by atoms with Crippen molar-refractivity contribution in [3.63, 3.8) is 0 Å². The Labute approximate surface area is 107 Å². The van der Waals surface area contributed by atoms with E-state index in [1.807, 2.05) is 18.2 Å². The van der Waals surface area contributed by atoms with Gasteiger partial charge in [0.1, 0.15) is 0 Å². The zero-order chi connectivity index (χ0) is 11.5. The summed E-state index contributed by atoms with van der Waals surface area (Å²) >= 11 is 2.27. The van der Waals surface area contributed by atoms with E-state index in [1.165, 1.54) is 8.37 Å². The van der Waals surface area contributed by atoms with Crippen LogP contribution < -0.4 is 5.73 Å². The molecule has 0 bridgehead atoms. The van der Waals surface area contributed by atoms with Gasteiger partial charge in [-0.05, 0) is 45.5 Å². The molecule has 2 aromatic rings. The molecule has 1 atom stereocenters. The van der Waals surface area contributed by atoms with Crippen LogP contribution in [-0.2, 0) is 13.5 Å². The van der Waals surface area contributed by atoms with Gasteiger partial charge in [0.2, 0.25) is 0 Å². The minimum atomic E-state index is -0.0843. The number of tetrazole rings is 1. The van der Waals surface area contributed by atoms with Gasteiger partial charge < -0.3 is 5.73 Å². The number of hydrogen-bond donors (Lipinski definition) is 1. The van der Waals surface area contributed by atoms with Gasteiger partial charge in [0.15, 0.2) is 5.82 Å². The molecule has 2 rings (SSSR count). The molecule has 0 amide bonds. The Morgan fingerprint density at radius 1 is 1.50 bits per heavy atom. The Balaban J connectivity index is 2.11. The molecule has 1 unspecified atom stereocenters. The maximum absolute atomic E-state index is 6.08. The van der Waals surface area contributed by atoms with E-state index in [0.29, 0.717) is 12.2 Å². The van der Waals surface area contributed by atoms with Gasteiger partial charge in [-0.1, -0.05) is 12.1 Å². The van der Waals surface area contributed by atoms with Gasteiger partial charge in [-0.15, -0.1) is 10.2 Å². The summed E-state index contributed by atoms with van der Waals surface area (Å²) in [6, 6.07) is 8.04. The molecule has 1 aromatic heterocycles. The minimum absolute atomic E-state index is 0.0843. The van der Waals surface area contributed by atoms with Crippen molar-refractivity contribution in [3.05, 3.63) is 39.2 Å². The van der Waals surface area contributed by atoms with Gasteiger partial charge in [0.25, 0.3) is 0 Å². The second-order valence-electron chi connectivity index (χ2n) is 3.56. The highest BCUT2D eigenvalue weighted by Crippen LogP contribution is 2.16. The van der Waals surface area contributed by atoms with E-state index in [9.17, 15) is 0 Å². The summed E-state index contributed by atoms with van der Waals surface area (Å²) in [5.41, 5.74) is 7.18. The van der Waals surface area contributed by atoms with Crippen LogP contribution in [0.2, 0.25) is 0 Å². The summed E-state index contributed by atoms with van der Waals surface area (Å²) in [4.78, 5) is 1.44. The standard InChI is InChI=1S/C10H12IN5/c1-16-14-10(13-15-16)6-9(12)7-3-2-4-8(11)5-7/h2-5,9H,6,12H2,1H3. The van der Waals surface area contributed by atoms with Gasteiger partial charge >= 0.3 is 0 Å². The van der Waals surface area contributed by atoms with Gasteiger partial charge in [-0.25, -0.2) is 0 Å². The summed E-state index contributed by atoms with van der Waals surface area (Å²) in [5.74, 6) is 0.675. The third-order valence-electron chi connectivity index (χ3n) is 2.23. The fraction of sp³-hybridized carbons (Fsp3) is 0.300. The van der Waals surface area contributed by atoms with E-state index in [0.717, 1.165) is 5.56 Å². The van der Waals surface area contributed by atoms with E-state index < -0.39 is 0 Å². The molecule has 0 aliphatic carbocycles. The first-order chi connectivity index (χ1) is 7.65. The molecule has 0 saturated carbocycles. The molecule has 0 spiro atoms. The van der Waals surface area contributed by atoms with Crippen LogP contribution in [-0.4, -0.2) is 20.2 Å². The smallest absolute Gasteiger partial charge is 0.176 e. The van der Waals surface area contributed by atoms with Gasteiger partial charge in [-0.2, -0.15) is 4.80 Å². The topological polar surface area (TPSA) is 69.6 Å². The first-order valence-electron chi connectivity index (χ1n) is 4.89. The van der Waals surface area contributed by atoms with E-state index in [-0.39, 0.29) is 6.04 Å². The molecule has 84 valence electrons. The normalized spacial score (nSPS) is 12.7. The van der Waals surface area contributed by atoms with Crippen LogP contribution in [0.1, 0.15) is 17.4 Å². The van der Waals surface area contributed by atoms with Crippen molar-refractivity contribution >= 4 is 22.6 Å². The second-order valence-corrected chi connectivity index (χ2v) is 4.81. The number of nitrogens with two attached hydrogens (primary N) is 1. The summed E-state index contributed by atoms with van der Waals surface area (Å²) in [5, 5.41) is 11.8. The van der Waals surface area contributed by atoms with Crippen molar-refractivity contribution < 1.29 is 0 Å². The van der Waals surface area contributed by atoms with Gasteiger partial charge in [0.05, 0.1) is 7.05 Å². The summed E-state index contributed by atoms with van der Waals surface area (Å²) in [6.07, 6.45) is 0.605. The zero-order valence-electron chi connectivity index (χ0n) is 8.84. The van der Waals surface area contributed by atoms with Crippen LogP contribution >= 0.6 is 22.6 Å². The highest BCUT2D eigenvalue weighted by molar-refractivity contribution is 14.1. The van der Waals surface area contributed by atoms with Crippen molar-refractivity contribution in [1.29, 1.82) is 0 Å². The van der Waals surface area contributed by atoms with Gasteiger partial charge in [0, 0.05) is 16.0 Å². The monoisotopic (exact) mass is 329 g/mol. The van der Waals surface area contributed by atoms with Crippen molar-refractivity contribution in [2.45, 2.75) is 12.5 Å². The number of rotatable bonds is 3. The number of aromatic nitrogens is 4. The molecule has 0 aliphatic heterocycles. The molecular weight excluding hydrogens is 317 g/mol. The average molecular weight is 329 g/mol. The lowest BCUT2D eigenvalue weighted by atomic mass is 10.0. The van der Waals surface area contributed by atoms with Crippen LogP contribution in [0.3, 0.4) is 0 Å². The van der Waals surface area contributed by atoms with E-state index in [1.54, 1.807) is 7.05 Å². The van der Waals surface area contributed by atoms with Crippen LogP contribution in [0.4, 0.5) is 0 Å². The molecule has 0 fully saturated rings. The quantitative estimate of drug-likeness (QED) is 0.855. The van der Waals surface area contributed by atoms with Crippen molar-refractivity contribution in [1.82, 2.24) is 20.2 Å². The Morgan fingerprint density at radius 2 is 2.31 bits per heavy atom. The maximum atomic E-state index is 6.08. The number of benzene rings is 1. The summed E-state index contributed by atoms with van der Waals surface area (Å²) in [6.45, 7) is 0. The molecule has 1 heterocycles. The SMILES string of the molecule is Cn1nnc(CC(N)c2cccc(I)c2)n1. The Bertz CT molecular complexity index is 482. The lowest BCUT2D eigenvalue weighted by Crippen LogP contribution is -2.14. The number of hydrogen-bond acceptors (Lipinski definition) is 4. The molecule has 0 saturated heterocycles. The number of nitrogens with zero attached hydrogens (tertiary/aromatic N) is 4. The molecule has 5 nitrogen and oxygen atoms in total. The predicted molar refractivity (Wildman–Crippen MR) is 68.6 cm³/mol. The lowest BCUT2D eigenvalue weighted by Gasteiger charge is -2.09. The van der Waals surface area contributed by atoms with Crippen molar-refractivity contribution in [3.8, 4) is 0 Å². The van der Waals surface area contributed by atoms with Crippen LogP contribution in [0.5, 0.6) is 0 Å². The molecular formula is C10H12IN5. The zero-order valence-corrected chi connectivity index (χ0v) is 11.0. The van der Waals surface area contributed by atoms with Gasteiger partial charge in [-0.3, -0.25) is 0 Å². The molecule has 16 heavy (non-hydrogen) atoms. The number of aryl methyl sites for hydroxylation is 1. The second kappa shape index (κ2) is 4.88. The fourth-order valence-corrected chi connectivity index (χ4v) is 2.02. The molecule has 0 aliphatic rings. The summed E-state index contributed by atoms with van der Waals surface area (Å²) < 4.78 is 1.18. The lowest BCUT2D eigenvalue weighted by molar-refractivity contribution is 0.622. The Hall–Kier alpha value is -1.02. The van der Waals surface area contributed by atoms with Crippen LogP contribution in [0.15, 0.2) is 24.3 Å². The highest BCUT2D eigenvalue weighted by atomic mass is 127. The fourth-order valence-electron chi connectivity index (χ4n) is 1.46. The summed E-state index contributed by atoms with van der Waals surface area (Å²) in [7, 11) is 1.74. The molecule has 1 aromatic carbocycles. The maximum Gasteiger partial charge on any atom is 0.176 e. The van der Waals surface area contributed by atoms with Crippen LogP contribution in [0, 0.1) is 3.57 Å². The first-order valence-corrected chi connectivity index (χ1v) is 5.97. The van der Waals surface area contributed by atoms with Crippen molar-refractivity contribution in [2.75, 3.05) is 0 Å². The Morgan fingerprint density at radius 3 is 2.94 bits per heavy atom. The van der Waals surface area contributed by atoms with Crippen molar-refractivity contribution in [2.24, 2.45) is 12.8 Å². The van der Waals surface area contributed by atoms with Crippen LogP contribution in [0.25, 0.3) is 0 Å². The highest BCUT2D eigenvalue weighted by Gasteiger charge is 2.10. The third kappa shape index (κ3) is 2.76. The number of halogens is 1. The Kier molecular flexibility index (Phi) is 3.49. The largest absolute Gasteiger partial charge is 0.324 e. The third-order valence-corrected chi connectivity index (χ3v) is 2.90. The minimum Gasteiger partial charge on any atom is -0.324 e.